The summed E-state index contributed by atoms with van der Waals surface area (Å²) in [6.07, 6.45) is -2.17. The second-order valence-electron chi connectivity index (χ2n) is 7.59. The summed E-state index contributed by atoms with van der Waals surface area (Å²) in [4.78, 5) is 9.86. The molecule has 0 spiro atoms. The van der Waals surface area contributed by atoms with Gasteiger partial charge in [0.25, 0.3) is 0 Å². The zero-order valence-corrected chi connectivity index (χ0v) is 19.1. The molecule has 0 saturated heterocycles. The molecule has 7 nitrogen and oxygen atoms in total. The van der Waals surface area contributed by atoms with Gasteiger partial charge in [-0.05, 0) is 49.0 Å². The standard InChI is InChI=1S/C25H24F3N5O2/c1-3-30-24-32-23(29)15-21(16-5-4-6-19(13-16)34-2)33(24)17-7-9-18(10-8-17)35-20-11-12-31-22(14-20)25(26,27)28/h4-15,24,30H,3H2,1-2H3,(H2,29,32). The fourth-order valence-electron chi connectivity index (χ4n) is 3.62. The van der Waals surface area contributed by atoms with Gasteiger partial charge in [-0.2, -0.15) is 13.2 Å². The Balaban J connectivity index is 1.65. The zero-order valence-electron chi connectivity index (χ0n) is 19.1. The maximum Gasteiger partial charge on any atom is 0.433 e. The average molecular weight is 483 g/mol. The van der Waals surface area contributed by atoms with Gasteiger partial charge >= 0.3 is 6.18 Å². The Kier molecular flexibility index (Phi) is 6.92. The number of halogens is 3. The number of ether oxygens (including phenoxy) is 2. The van der Waals surface area contributed by atoms with Gasteiger partial charge in [-0.25, -0.2) is 4.99 Å². The van der Waals surface area contributed by atoms with Gasteiger partial charge in [-0.3, -0.25) is 10.3 Å². The van der Waals surface area contributed by atoms with Crippen LogP contribution >= 0.6 is 0 Å². The molecule has 1 aliphatic heterocycles. The number of benzene rings is 2. The number of methoxy groups -OCH3 is 1. The van der Waals surface area contributed by atoms with Crippen molar-refractivity contribution in [3.05, 3.63) is 84.2 Å². The number of rotatable bonds is 7. The zero-order chi connectivity index (χ0) is 25.0. The fourth-order valence-corrected chi connectivity index (χ4v) is 3.62. The van der Waals surface area contributed by atoms with Crippen molar-refractivity contribution >= 4 is 17.2 Å². The van der Waals surface area contributed by atoms with Crippen molar-refractivity contribution < 1.29 is 22.6 Å². The molecule has 182 valence electrons. The van der Waals surface area contributed by atoms with Crippen LogP contribution in [0.4, 0.5) is 18.9 Å². The number of nitrogens with two attached hydrogens (primary N) is 1. The number of pyridine rings is 1. The highest BCUT2D eigenvalue weighted by molar-refractivity contribution is 6.03. The van der Waals surface area contributed by atoms with Gasteiger partial charge in [-0.1, -0.05) is 19.1 Å². The summed E-state index contributed by atoms with van der Waals surface area (Å²) in [5.41, 5.74) is 7.56. The van der Waals surface area contributed by atoms with E-state index in [1.165, 1.54) is 6.07 Å². The van der Waals surface area contributed by atoms with E-state index < -0.39 is 18.2 Å². The highest BCUT2D eigenvalue weighted by Gasteiger charge is 2.33. The SMILES string of the molecule is CCNC1N=C(N)C=C(c2cccc(OC)c2)N1c1ccc(Oc2ccnc(C(F)(F)F)c2)cc1. The number of hydrogen-bond donors (Lipinski definition) is 2. The minimum absolute atomic E-state index is 0.0397. The summed E-state index contributed by atoms with van der Waals surface area (Å²) in [6, 6.07) is 16.8. The monoisotopic (exact) mass is 483 g/mol. The third kappa shape index (κ3) is 5.55. The van der Waals surface area contributed by atoms with E-state index in [1.54, 1.807) is 37.5 Å². The molecule has 0 amide bonds. The Bertz CT molecular complexity index is 1240. The first-order chi connectivity index (χ1) is 16.8. The summed E-state index contributed by atoms with van der Waals surface area (Å²) >= 11 is 0. The number of amidine groups is 1. The Hall–Kier alpha value is -4.05. The van der Waals surface area contributed by atoms with Crippen LogP contribution in [0.2, 0.25) is 0 Å². The van der Waals surface area contributed by atoms with Gasteiger partial charge in [0.15, 0.2) is 6.29 Å². The van der Waals surface area contributed by atoms with Crippen LogP contribution in [-0.2, 0) is 6.18 Å². The Morgan fingerprint density at radius 2 is 1.80 bits per heavy atom. The number of nitrogens with zero attached hydrogens (tertiary/aromatic N) is 3. The molecular weight excluding hydrogens is 459 g/mol. The van der Waals surface area contributed by atoms with Crippen LogP contribution in [0.15, 0.2) is 77.9 Å². The molecule has 1 aliphatic rings. The van der Waals surface area contributed by atoms with E-state index in [1.807, 2.05) is 36.1 Å². The largest absolute Gasteiger partial charge is 0.497 e. The maximum atomic E-state index is 13.0. The molecule has 1 atom stereocenters. The predicted octanol–water partition coefficient (Wildman–Crippen LogP) is 5.01. The molecule has 0 fully saturated rings. The number of aliphatic imine (C=N–C) groups is 1. The molecule has 0 aliphatic carbocycles. The summed E-state index contributed by atoms with van der Waals surface area (Å²) in [6.45, 7) is 2.61. The lowest BCUT2D eigenvalue weighted by atomic mass is 10.1. The molecule has 4 rings (SSSR count). The number of hydrogen-bond acceptors (Lipinski definition) is 7. The van der Waals surface area contributed by atoms with Crippen molar-refractivity contribution in [2.75, 3.05) is 18.6 Å². The summed E-state index contributed by atoms with van der Waals surface area (Å²) in [5, 5.41) is 3.31. The molecule has 0 saturated carbocycles. The van der Waals surface area contributed by atoms with Crippen LogP contribution < -0.4 is 25.4 Å². The van der Waals surface area contributed by atoms with Gasteiger partial charge in [-0.15, -0.1) is 0 Å². The molecule has 3 N–H and O–H groups in total. The first-order valence-corrected chi connectivity index (χ1v) is 10.8. The van der Waals surface area contributed by atoms with Crippen molar-refractivity contribution in [1.82, 2.24) is 10.3 Å². The van der Waals surface area contributed by atoms with Crippen LogP contribution in [0, 0.1) is 0 Å². The first kappa shape index (κ1) is 24.1. The molecule has 1 unspecified atom stereocenters. The highest BCUT2D eigenvalue weighted by atomic mass is 19.4. The first-order valence-electron chi connectivity index (χ1n) is 10.8. The minimum atomic E-state index is -4.55. The van der Waals surface area contributed by atoms with Crippen molar-refractivity contribution in [3.63, 3.8) is 0 Å². The molecule has 3 aromatic rings. The lowest BCUT2D eigenvalue weighted by Gasteiger charge is -2.36. The number of nitrogens with one attached hydrogen (secondary N) is 1. The normalized spacial score (nSPS) is 15.9. The lowest BCUT2D eigenvalue weighted by molar-refractivity contribution is -0.141. The van der Waals surface area contributed by atoms with Crippen LogP contribution in [-0.4, -0.2) is 30.8 Å². The fraction of sp³-hybridized carbons (Fsp3) is 0.200. The van der Waals surface area contributed by atoms with E-state index in [2.05, 4.69) is 15.3 Å². The molecule has 2 aromatic carbocycles. The van der Waals surface area contributed by atoms with Gasteiger partial charge in [0, 0.05) is 29.6 Å². The van der Waals surface area contributed by atoms with E-state index in [-0.39, 0.29) is 5.75 Å². The van der Waals surface area contributed by atoms with E-state index in [9.17, 15) is 13.2 Å². The van der Waals surface area contributed by atoms with Gasteiger partial charge in [0.05, 0.1) is 12.8 Å². The van der Waals surface area contributed by atoms with Crippen molar-refractivity contribution in [3.8, 4) is 17.2 Å². The summed E-state index contributed by atoms with van der Waals surface area (Å²) < 4.78 is 49.9. The molecule has 35 heavy (non-hydrogen) atoms. The molecule has 0 radical (unpaired) electrons. The minimum Gasteiger partial charge on any atom is -0.497 e. The van der Waals surface area contributed by atoms with Gasteiger partial charge < -0.3 is 20.1 Å². The Labute approximate surface area is 200 Å². The average Bonchev–Trinajstić information content (AvgIpc) is 2.84. The van der Waals surface area contributed by atoms with Crippen LogP contribution in [0.5, 0.6) is 17.2 Å². The van der Waals surface area contributed by atoms with E-state index in [0.29, 0.717) is 23.9 Å². The Morgan fingerprint density at radius 1 is 1.03 bits per heavy atom. The molecule has 10 heteroatoms. The van der Waals surface area contributed by atoms with E-state index >= 15 is 0 Å². The second kappa shape index (κ2) is 10.1. The summed E-state index contributed by atoms with van der Waals surface area (Å²) in [7, 11) is 1.60. The number of alkyl halides is 3. The van der Waals surface area contributed by atoms with Crippen LogP contribution in [0.1, 0.15) is 18.2 Å². The second-order valence-corrected chi connectivity index (χ2v) is 7.59. The van der Waals surface area contributed by atoms with Crippen LogP contribution in [0.3, 0.4) is 0 Å². The van der Waals surface area contributed by atoms with Crippen molar-refractivity contribution in [2.24, 2.45) is 10.7 Å². The molecule has 1 aromatic heterocycles. The molecule has 0 bridgehead atoms. The number of aromatic nitrogens is 1. The topological polar surface area (TPSA) is 85.0 Å². The third-order valence-electron chi connectivity index (χ3n) is 5.18. The quantitative estimate of drug-likeness (QED) is 0.491. The van der Waals surface area contributed by atoms with Crippen molar-refractivity contribution in [2.45, 2.75) is 19.4 Å². The van der Waals surface area contributed by atoms with E-state index in [0.717, 1.165) is 29.2 Å². The molecule has 2 heterocycles. The Morgan fingerprint density at radius 3 is 2.49 bits per heavy atom. The third-order valence-corrected chi connectivity index (χ3v) is 5.18. The lowest BCUT2D eigenvalue weighted by Crippen LogP contribution is -2.47. The summed E-state index contributed by atoms with van der Waals surface area (Å²) in [5.74, 6) is 1.49. The number of anilines is 1. The highest BCUT2D eigenvalue weighted by Crippen LogP contribution is 2.35. The maximum absolute atomic E-state index is 13.0. The van der Waals surface area contributed by atoms with Crippen LogP contribution in [0.25, 0.3) is 5.70 Å². The van der Waals surface area contributed by atoms with Gasteiger partial charge in [0.1, 0.15) is 28.8 Å². The smallest absolute Gasteiger partial charge is 0.433 e. The van der Waals surface area contributed by atoms with Crippen molar-refractivity contribution in [1.29, 1.82) is 0 Å². The predicted molar refractivity (Wildman–Crippen MR) is 128 cm³/mol. The van der Waals surface area contributed by atoms with Gasteiger partial charge in [0.2, 0.25) is 0 Å². The van der Waals surface area contributed by atoms with E-state index in [4.69, 9.17) is 15.2 Å². The molecular formula is C25H24F3N5O2.